The first kappa shape index (κ1) is 18.2. The maximum Gasteiger partial charge on any atom is 0.231 e. The molecular formula is C20H24N6O2. The Morgan fingerprint density at radius 1 is 1.07 bits per heavy atom. The van der Waals surface area contributed by atoms with E-state index in [1.54, 1.807) is 26.5 Å². The number of imidazole rings is 1. The van der Waals surface area contributed by atoms with Gasteiger partial charge in [0.05, 0.1) is 26.8 Å². The van der Waals surface area contributed by atoms with Crippen molar-refractivity contribution in [2.24, 2.45) is 0 Å². The Balaban J connectivity index is 1.45. The number of pyridine rings is 1. The number of nitrogens with zero attached hydrogens (tertiary/aromatic N) is 6. The quantitative estimate of drug-likeness (QED) is 0.650. The first-order valence-corrected chi connectivity index (χ1v) is 9.38. The molecule has 0 spiro atoms. The molecule has 3 aromatic rings. The summed E-state index contributed by atoms with van der Waals surface area (Å²) in [5.41, 5.74) is 1.18. The second-order valence-corrected chi connectivity index (χ2v) is 6.79. The first-order valence-electron chi connectivity index (χ1n) is 9.38. The molecule has 1 aliphatic rings. The van der Waals surface area contributed by atoms with Crippen LogP contribution in [0, 0.1) is 0 Å². The number of aromatic nitrogens is 5. The van der Waals surface area contributed by atoms with E-state index in [-0.39, 0.29) is 0 Å². The van der Waals surface area contributed by atoms with E-state index < -0.39 is 0 Å². The van der Waals surface area contributed by atoms with Crippen LogP contribution in [0.15, 0.2) is 43.0 Å². The minimum atomic E-state index is 0.412. The molecule has 1 saturated heterocycles. The van der Waals surface area contributed by atoms with Crippen LogP contribution >= 0.6 is 0 Å². The molecule has 0 bridgehead atoms. The highest BCUT2D eigenvalue weighted by molar-refractivity contribution is 5.37. The van der Waals surface area contributed by atoms with Crippen LogP contribution in [0.2, 0.25) is 0 Å². The topological polar surface area (TPSA) is 78.2 Å². The second kappa shape index (κ2) is 8.24. The first-order chi connectivity index (χ1) is 13.8. The van der Waals surface area contributed by atoms with E-state index in [1.807, 2.05) is 24.7 Å². The molecule has 8 nitrogen and oxygen atoms in total. The Bertz CT molecular complexity index is 884. The number of hydrogen-bond donors (Lipinski definition) is 0. The maximum absolute atomic E-state index is 5.26. The molecule has 0 saturated carbocycles. The van der Waals surface area contributed by atoms with E-state index in [2.05, 4.69) is 35.5 Å². The lowest BCUT2D eigenvalue weighted by molar-refractivity contribution is 0.369. The van der Waals surface area contributed by atoms with E-state index >= 15 is 0 Å². The molecule has 0 radical (unpaired) electrons. The van der Waals surface area contributed by atoms with Crippen LogP contribution < -0.4 is 14.4 Å². The number of ether oxygens (including phenoxy) is 2. The van der Waals surface area contributed by atoms with Crippen LogP contribution in [0.4, 0.5) is 5.95 Å². The summed E-state index contributed by atoms with van der Waals surface area (Å²) < 4.78 is 12.8. The summed E-state index contributed by atoms with van der Waals surface area (Å²) in [5, 5.41) is 0. The van der Waals surface area contributed by atoms with Gasteiger partial charge >= 0.3 is 0 Å². The minimum Gasteiger partial charge on any atom is -0.481 e. The van der Waals surface area contributed by atoms with Crippen molar-refractivity contribution in [3.05, 3.63) is 54.4 Å². The molecule has 3 aromatic heterocycles. The molecule has 8 heteroatoms. The van der Waals surface area contributed by atoms with Crippen LogP contribution in [0.3, 0.4) is 0 Å². The average molecular weight is 380 g/mol. The van der Waals surface area contributed by atoms with E-state index in [0.29, 0.717) is 23.6 Å². The number of methoxy groups -OCH3 is 2. The number of rotatable bonds is 6. The van der Waals surface area contributed by atoms with Gasteiger partial charge in [0.25, 0.3) is 0 Å². The Morgan fingerprint density at radius 3 is 2.46 bits per heavy atom. The van der Waals surface area contributed by atoms with E-state index in [0.717, 1.165) is 38.3 Å². The molecule has 1 aliphatic heterocycles. The summed E-state index contributed by atoms with van der Waals surface area (Å²) in [4.78, 5) is 20.0. The minimum absolute atomic E-state index is 0.412. The monoisotopic (exact) mass is 380 g/mol. The third-order valence-electron chi connectivity index (χ3n) is 5.05. The lowest BCUT2D eigenvalue weighted by atomic mass is 9.96. The van der Waals surface area contributed by atoms with E-state index in [1.165, 1.54) is 5.56 Å². The molecule has 1 fully saturated rings. The summed E-state index contributed by atoms with van der Waals surface area (Å²) in [5.74, 6) is 3.21. The predicted octanol–water partition coefficient (Wildman–Crippen LogP) is 2.52. The highest BCUT2D eigenvalue weighted by Gasteiger charge is 2.26. The molecule has 4 heterocycles. The molecule has 0 amide bonds. The molecule has 146 valence electrons. The van der Waals surface area contributed by atoms with Crippen LogP contribution in [-0.4, -0.2) is 51.8 Å². The van der Waals surface area contributed by atoms with Crippen molar-refractivity contribution in [3.63, 3.8) is 0 Å². The van der Waals surface area contributed by atoms with Crippen molar-refractivity contribution in [1.29, 1.82) is 0 Å². The van der Waals surface area contributed by atoms with Gasteiger partial charge in [0.1, 0.15) is 5.82 Å². The largest absolute Gasteiger partial charge is 0.481 e. The summed E-state index contributed by atoms with van der Waals surface area (Å²) >= 11 is 0. The lowest BCUT2D eigenvalue weighted by Crippen LogP contribution is -2.35. The molecule has 0 N–H and O–H groups in total. The van der Waals surface area contributed by atoms with Crippen LogP contribution in [0.1, 0.15) is 30.1 Å². The van der Waals surface area contributed by atoms with Crippen LogP contribution in [0.25, 0.3) is 0 Å². The third kappa shape index (κ3) is 3.90. The summed E-state index contributed by atoms with van der Waals surface area (Å²) in [6.07, 6.45) is 9.61. The van der Waals surface area contributed by atoms with Crippen molar-refractivity contribution >= 4 is 5.95 Å². The predicted molar refractivity (Wildman–Crippen MR) is 105 cm³/mol. The standard InChI is InChI=1S/C20H24N6O2/c1-27-17-12-18(28-2)24-20(23-17)25-9-5-16(6-10-25)19-22-8-11-26(19)14-15-4-3-7-21-13-15/h3-4,7-8,11-13,16H,5-6,9-10,14H2,1-2H3. The molecule has 0 aliphatic carbocycles. The fraction of sp³-hybridized carbons (Fsp3) is 0.400. The van der Waals surface area contributed by atoms with Crippen molar-refractivity contribution in [3.8, 4) is 11.8 Å². The Labute approximate surface area is 164 Å². The maximum atomic E-state index is 5.26. The molecule has 28 heavy (non-hydrogen) atoms. The van der Waals surface area contributed by atoms with Gasteiger partial charge in [-0.15, -0.1) is 0 Å². The van der Waals surface area contributed by atoms with Crippen molar-refractivity contribution < 1.29 is 9.47 Å². The zero-order chi connectivity index (χ0) is 19.3. The number of piperidine rings is 1. The summed E-state index contributed by atoms with van der Waals surface area (Å²) in [7, 11) is 3.19. The van der Waals surface area contributed by atoms with E-state index in [9.17, 15) is 0 Å². The number of hydrogen-bond acceptors (Lipinski definition) is 7. The molecule has 4 rings (SSSR count). The highest BCUT2D eigenvalue weighted by atomic mass is 16.5. The van der Waals surface area contributed by atoms with Gasteiger partial charge in [-0.3, -0.25) is 4.98 Å². The SMILES string of the molecule is COc1cc(OC)nc(N2CCC(c3nccn3Cc3cccnc3)CC2)n1. The van der Waals surface area contributed by atoms with E-state index in [4.69, 9.17) is 9.47 Å². The molecule has 0 aromatic carbocycles. The van der Waals surface area contributed by atoms with Gasteiger partial charge < -0.3 is 18.9 Å². The molecule has 0 unspecified atom stereocenters. The van der Waals surface area contributed by atoms with Crippen molar-refractivity contribution in [2.45, 2.75) is 25.3 Å². The average Bonchev–Trinajstić information content (AvgIpc) is 3.22. The third-order valence-corrected chi connectivity index (χ3v) is 5.05. The van der Waals surface area contributed by atoms with Gasteiger partial charge in [-0.25, -0.2) is 4.98 Å². The Hall–Kier alpha value is -3.16. The van der Waals surface area contributed by atoms with Gasteiger partial charge in [-0.05, 0) is 24.5 Å². The van der Waals surface area contributed by atoms with Crippen molar-refractivity contribution in [1.82, 2.24) is 24.5 Å². The molecular weight excluding hydrogens is 356 g/mol. The van der Waals surface area contributed by atoms with Crippen molar-refractivity contribution in [2.75, 3.05) is 32.2 Å². The fourth-order valence-electron chi connectivity index (χ4n) is 3.58. The second-order valence-electron chi connectivity index (χ2n) is 6.79. The summed E-state index contributed by atoms with van der Waals surface area (Å²) in [6.45, 7) is 2.51. The number of anilines is 1. The normalized spacial score (nSPS) is 14.9. The zero-order valence-corrected chi connectivity index (χ0v) is 16.2. The Kier molecular flexibility index (Phi) is 5.36. The summed E-state index contributed by atoms with van der Waals surface area (Å²) in [6, 6.07) is 5.74. The zero-order valence-electron chi connectivity index (χ0n) is 16.2. The van der Waals surface area contributed by atoms with Crippen LogP contribution in [-0.2, 0) is 6.54 Å². The Morgan fingerprint density at radius 2 is 1.82 bits per heavy atom. The molecule has 0 atom stereocenters. The smallest absolute Gasteiger partial charge is 0.231 e. The van der Waals surface area contributed by atoms with Crippen LogP contribution in [0.5, 0.6) is 11.8 Å². The van der Waals surface area contributed by atoms with Gasteiger partial charge in [0, 0.05) is 43.8 Å². The van der Waals surface area contributed by atoms with Gasteiger partial charge in [0.2, 0.25) is 17.7 Å². The van der Waals surface area contributed by atoms with Gasteiger partial charge in [-0.1, -0.05) is 6.07 Å². The fourth-order valence-corrected chi connectivity index (χ4v) is 3.58. The van der Waals surface area contributed by atoms with Gasteiger partial charge in [0.15, 0.2) is 0 Å². The van der Waals surface area contributed by atoms with Gasteiger partial charge in [-0.2, -0.15) is 9.97 Å². The highest BCUT2D eigenvalue weighted by Crippen LogP contribution is 2.30. The lowest BCUT2D eigenvalue weighted by Gasteiger charge is -2.32.